The SMILES string of the molecule is COC(=O)CC[C@@H](NC(=O)NC1CC2CCC1C2)C(=O)O. The van der Waals surface area contributed by atoms with Gasteiger partial charge in [0.1, 0.15) is 6.04 Å². The predicted octanol–water partition coefficient (Wildman–Crippen LogP) is 0.881. The van der Waals surface area contributed by atoms with E-state index in [-0.39, 0.29) is 18.9 Å². The number of hydrogen-bond donors (Lipinski definition) is 3. The molecular weight excluding hydrogens is 276 g/mol. The molecule has 2 fully saturated rings. The third-order valence-electron chi connectivity index (χ3n) is 4.52. The van der Waals surface area contributed by atoms with Crippen molar-refractivity contribution in [2.75, 3.05) is 7.11 Å². The molecule has 0 aromatic carbocycles. The first-order chi connectivity index (χ1) is 9.99. The Labute approximate surface area is 123 Å². The molecule has 2 amide bonds. The van der Waals surface area contributed by atoms with Crippen LogP contribution in [0.4, 0.5) is 4.79 Å². The highest BCUT2D eigenvalue weighted by molar-refractivity contribution is 5.83. The fourth-order valence-corrected chi connectivity index (χ4v) is 3.41. The molecule has 0 heterocycles. The van der Waals surface area contributed by atoms with Gasteiger partial charge in [0.05, 0.1) is 7.11 Å². The third kappa shape index (κ3) is 4.09. The van der Waals surface area contributed by atoms with Crippen LogP contribution in [-0.2, 0) is 14.3 Å². The van der Waals surface area contributed by atoms with Gasteiger partial charge in [-0.1, -0.05) is 6.42 Å². The first-order valence-electron chi connectivity index (χ1n) is 7.36. The molecule has 0 aromatic rings. The summed E-state index contributed by atoms with van der Waals surface area (Å²) < 4.78 is 4.47. The van der Waals surface area contributed by atoms with Crippen molar-refractivity contribution in [3.8, 4) is 0 Å². The van der Waals surface area contributed by atoms with E-state index in [9.17, 15) is 14.4 Å². The number of carbonyl (C=O) groups is 3. The van der Waals surface area contributed by atoms with Crippen molar-refractivity contribution >= 4 is 18.0 Å². The highest BCUT2D eigenvalue weighted by Crippen LogP contribution is 2.44. The number of ether oxygens (including phenoxy) is 1. The van der Waals surface area contributed by atoms with Gasteiger partial charge < -0.3 is 20.5 Å². The normalized spacial score (nSPS) is 28.0. The van der Waals surface area contributed by atoms with Crippen molar-refractivity contribution in [2.24, 2.45) is 11.8 Å². The largest absolute Gasteiger partial charge is 0.480 e. The molecule has 7 heteroatoms. The number of fused-ring (bicyclic) bond motifs is 2. The highest BCUT2D eigenvalue weighted by atomic mass is 16.5. The maximum atomic E-state index is 11.9. The van der Waals surface area contributed by atoms with Gasteiger partial charge in [0.15, 0.2) is 0 Å². The van der Waals surface area contributed by atoms with Gasteiger partial charge in [0, 0.05) is 12.5 Å². The van der Waals surface area contributed by atoms with Gasteiger partial charge in [-0.3, -0.25) is 4.79 Å². The molecule has 7 nitrogen and oxygen atoms in total. The average Bonchev–Trinajstić information content (AvgIpc) is 3.05. The Morgan fingerprint density at radius 2 is 2.05 bits per heavy atom. The van der Waals surface area contributed by atoms with E-state index in [1.54, 1.807) is 0 Å². The summed E-state index contributed by atoms with van der Waals surface area (Å²) in [4.78, 5) is 34.1. The van der Waals surface area contributed by atoms with Crippen molar-refractivity contribution in [1.29, 1.82) is 0 Å². The Hall–Kier alpha value is -1.79. The molecule has 0 radical (unpaired) electrons. The molecule has 118 valence electrons. The summed E-state index contributed by atoms with van der Waals surface area (Å²) >= 11 is 0. The lowest BCUT2D eigenvalue weighted by Gasteiger charge is -2.24. The zero-order valence-electron chi connectivity index (χ0n) is 12.1. The molecule has 0 spiro atoms. The lowest BCUT2D eigenvalue weighted by molar-refractivity contribution is -0.142. The number of esters is 1. The molecule has 0 saturated heterocycles. The molecule has 2 rings (SSSR count). The zero-order chi connectivity index (χ0) is 15.4. The van der Waals surface area contributed by atoms with Crippen molar-refractivity contribution in [3.05, 3.63) is 0 Å². The van der Waals surface area contributed by atoms with Crippen LogP contribution < -0.4 is 10.6 Å². The first kappa shape index (κ1) is 15.6. The molecule has 2 aliphatic rings. The van der Waals surface area contributed by atoms with Crippen LogP contribution in [0, 0.1) is 11.8 Å². The summed E-state index contributed by atoms with van der Waals surface area (Å²) in [5.74, 6) is -0.410. The fraction of sp³-hybridized carbons (Fsp3) is 0.786. The van der Waals surface area contributed by atoms with Crippen LogP contribution in [0.15, 0.2) is 0 Å². The van der Waals surface area contributed by atoms with Crippen LogP contribution >= 0.6 is 0 Å². The van der Waals surface area contributed by atoms with Crippen molar-refractivity contribution < 1.29 is 24.2 Å². The fourth-order valence-electron chi connectivity index (χ4n) is 3.41. The van der Waals surface area contributed by atoms with Gasteiger partial charge in [0.2, 0.25) is 0 Å². The minimum absolute atomic E-state index is 0.0200. The number of carbonyl (C=O) groups excluding carboxylic acids is 2. The van der Waals surface area contributed by atoms with Gasteiger partial charge in [0.25, 0.3) is 0 Å². The molecule has 0 aromatic heterocycles. The van der Waals surface area contributed by atoms with E-state index >= 15 is 0 Å². The Balaban J connectivity index is 1.78. The van der Waals surface area contributed by atoms with Gasteiger partial charge in [-0.15, -0.1) is 0 Å². The summed E-state index contributed by atoms with van der Waals surface area (Å²) in [5.41, 5.74) is 0. The van der Waals surface area contributed by atoms with Gasteiger partial charge in [-0.25, -0.2) is 9.59 Å². The Morgan fingerprint density at radius 3 is 2.57 bits per heavy atom. The van der Waals surface area contributed by atoms with Gasteiger partial charge in [-0.2, -0.15) is 0 Å². The van der Waals surface area contributed by atoms with E-state index in [0.717, 1.165) is 19.3 Å². The summed E-state index contributed by atoms with van der Waals surface area (Å²) in [6.45, 7) is 0. The van der Waals surface area contributed by atoms with E-state index < -0.39 is 24.0 Å². The van der Waals surface area contributed by atoms with E-state index in [1.807, 2.05) is 0 Å². The number of carboxylic acids is 1. The van der Waals surface area contributed by atoms with Gasteiger partial charge >= 0.3 is 18.0 Å². The smallest absolute Gasteiger partial charge is 0.326 e. The van der Waals surface area contributed by atoms with E-state index in [0.29, 0.717) is 11.8 Å². The minimum Gasteiger partial charge on any atom is -0.480 e. The van der Waals surface area contributed by atoms with E-state index in [1.165, 1.54) is 13.5 Å². The van der Waals surface area contributed by atoms with Crippen molar-refractivity contribution in [3.63, 3.8) is 0 Å². The molecule has 4 atom stereocenters. The monoisotopic (exact) mass is 298 g/mol. The highest BCUT2D eigenvalue weighted by Gasteiger charge is 2.40. The molecule has 3 N–H and O–H groups in total. The number of amides is 2. The van der Waals surface area contributed by atoms with Gasteiger partial charge in [-0.05, 0) is 37.5 Å². The summed E-state index contributed by atoms with van der Waals surface area (Å²) in [7, 11) is 1.24. The zero-order valence-corrected chi connectivity index (χ0v) is 12.1. The maximum absolute atomic E-state index is 11.9. The maximum Gasteiger partial charge on any atom is 0.326 e. The average molecular weight is 298 g/mol. The minimum atomic E-state index is -1.15. The number of rotatable bonds is 6. The van der Waals surface area contributed by atoms with E-state index in [2.05, 4.69) is 15.4 Å². The second kappa shape index (κ2) is 6.78. The molecule has 3 unspecified atom stereocenters. The van der Waals surface area contributed by atoms with E-state index in [4.69, 9.17) is 5.11 Å². The Kier molecular flexibility index (Phi) is 5.03. The number of urea groups is 1. The molecule has 2 aliphatic carbocycles. The topological polar surface area (TPSA) is 105 Å². The molecule has 2 bridgehead atoms. The van der Waals surface area contributed by atoms with Crippen molar-refractivity contribution in [2.45, 2.75) is 50.6 Å². The molecule has 21 heavy (non-hydrogen) atoms. The Morgan fingerprint density at radius 1 is 1.29 bits per heavy atom. The number of carboxylic acid groups (broad SMARTS) is 1. The quantitative estimate of drug-likeness (QED) is 0.631. The first-order valence-corrected chi connectivity index (χ1v) is 7.36. The second-order valence-electron chi connectivity index (χ2n) is 5.90. The number of nitrogens with one attached hydrogen (secondary N) is 2. The Bertz CT molecular complexity index is 426. The van der Waals surface area contributed by atoms with Crippen LogP contribution in [0.1, 0.15) is 38.5 Å². The lowest BCUT2D eigenvalue weighted by atomic mass is 9.95. The van der Waals surface area contributed by atoms with Crippen molar-refractivity contribution in [1.82, 2.24) is 10.6 Å². The van der Waals surface area contributed by atoms with Crippen LogP contribution in [0.3, 0.4) is 0 Å². The summed E-state index contributed by atoms with van der Waals surface area (Å²) in [6.07, 6.45) is 4.50. The number of aliphatic carboxylic acids is 1. The molecule has 0 aliphatic heterocycles. The third-order valence-corrected chi connectivity index (χ3v) is 4.52. The number of hydrogen-bond acceptors (Lipinski definition) is 4. The molecular formula is C14H22N2O5. The summed E-state index contributed by atoms with van der Waals surface area (Å²) in [5, 5.41) is 14.4. The predicted molar refractivity (Wildman–Crippen MR) is 73.6 cm³/mol. The summed E-state index contributed by atoms with van der Waals surface area (Å²) in [6, 6.07) is -1.40. The lowest BCUT2D eigenvalue weighted by Crippen LogP contribution is -2.50. The standard InChI is InChI=1S/C14H22N2O5/c1-21-12(17)5-4-10(13(18)19)15-14(20)16-11-7-8-2-3-9(11)6-8/h8-11H,2-7H2,1H3,(H,18,19)(H2,15,16,20)/t8?,9?,10-,11?/m1/s1. The van der Waals surface area contributed by atoms with Crippen LogP contribution in [-0.4, -0.2) is 42.3 Å². The second-order valence-corrected chi connectivity index (χ2v) is 5.90. The van der Waals surface area contributed by atoms with Crippen LogP contribution in [0.2, 0.25) is 0 Å². The van der Waals surface area contributed by atoms with Crippen LogP contribution in [0.5, 0.6) is 0 Å². The molecule has 2 saturated carbocycles. The van der Waals surface area contributed by atoms with Crippen LogP contribution in [0.25, 0.3) is 0 Å². The number of methoxy groups -OCH3 is 1.